The van der Waals surface area contributed by atoms with Crippen molar-refractivity contribution in [2.24, 2.45) is 0 Å². The van der Waals surface area contributed by atoms with Crippen LogP contribution in [0.3, 0.4) is 0 Å². The monoisotopic (exact) mass is 245 g/mol. The Morgan fingerprint density at radius 3 is 2.75 bits per heavy atom. The van der Waals surface area contributed by atoms with Gasteiger partial charge in [-0.1, -0.05) is 13.8 Å². The van der Waals surface area contributed by atoms with E-state index < -0.39 is 0 Å². The molecule has 1 rings (SSSR count). The highest BCUT2D eigenvalue weighted by atomic mass is 32.2. The summed E-state index contributed by atoms with van der Waals surface area (Å²) >= 11 is 2.11. The Morgan fingerprint density at radius 1 is 1.44 bits per heavy atom. The van der Waals surface area contributed by atoms with Crippen LogP contribution in [0.25, 0.3) is 0 Å². The lowest BCUT2D eigenvalue weighted by molar-refractivity contribution is 0.127. The van der Waals surface area contributed by atoms with Gasteiger partial charge >= 0.3 is 0 Å². The molecule has 96 valence electrons. The van der Waals surface area contributed by atoms with Crippen LogP contribution >= 0.6 is 11.8 Å². The average molecular weight is 245 g/mol. The van der Waals surface area contributed by atoms with E-state index in [0.29, 0.717) is 17.4 Å². The van der Waals surface area contributed by atoms with Crippen molar-refractivity contribution in [3.8, 4) is 0 Å². The Bertz CT molecular complexity index is 189. The molecule has 0 amide bonds. The van der Waals surface area contributed by atoms with Gasteiger partial charge in [0.25, 0.3) is 0 Å². The van der Waals surface area contributed by atoms with Crippen LogP contribution in [0.2, 0.25) is 0 Å². The molecule has 1 fully saturated rings. The van der Waals surface area contributed by atoms with Gasteiger partial charge in [0.2, 0.25) is 0 Å². The molecule has 0 bridgehead atoms. The van der Waals surface area contributed by atoms with Crippen LogP contribution in [0, 0.1) is 0 Å². The van der Waals surface area contributed by atoms with Crippen LogP contribution < -0.4 is 5.32 Å². The first-order chi connectivity index (χ1) is 7.63. The zero-order chi connectivity index (χ0) is 12.0. The summed E-state index contributed by atoms with van der Waals surface area (Å²) in [5.41, 5.74) is 0. The van der Waals surface area contributed by atoms with Gasteiger partial charge < -0.3 is 10.1 Å². The molecule has 3 heteroatoms. The lowest BCUT2D eigenvalue weighted by Crippen LogP contribution is -2.30. The minimum absolute atomic E-state index is 0.450. The standard InChI is InChI=1S/C13H27NOS/c1-5-7-14-10(2)9-11(3)16-13-6-8-15-12(13)4/h10-14H,5-9H2,1-4H3. The van der Waals surface area contributed by atoms with Gasteiger partial charge in [0.1, 0.15) is 0 Å². The number of nitrogens with one attached hydrogen (secondary N) is 1. The SMILES string of the molecule is CCCNC(C)CC(C)SC1CCOC1C. The second kappa shape index (κ2) is 7.57. The zero-order valence-electron chi connectivity index (χ0n) is 11.2. The third-order valence-electron chi connectivity index (χ3n) is 3.14. The molecule has 0 saturated carbocycles. The largest absolute Gasteiger partial charge is 0.377 e. The van der Waals surface area contributed by atoms with Gasteiger partial charge in [-0.2, -0.15) is 11.8 Å². The summed E-state index contributed by atoms with van der Waals surface area (Å²) in [7, 11) is 0. The molecule has 0 radical (unpaired) electrons. The molecule has 1 heterocycles. The van der Waals surface area contributed by atoms with Crippen molar-refractivity contribution < 1.29 is 4.74 Å². The van der Waals surface area contributed by atoms with E-state index in [4.69, 9.17) is 4.74 Å². The summed E-state index contributed by atoms with van der Waals surface area (Å²) in [6.45, 7) is 11.2. The second-order valence-corrected chi connectivity index (χ2v) is 6.62. The molecule has 1 saturated heterocycles. The van der Waals surface area contributed by atoms with Crippen molar-refractivity contribution in [1.82, 2.24) is 5.32 Å². The van der Waals surface area contributed by atoms with Gasteiger partial charge in [-0.05, 0) is 39.7 Å². The fraction of sp³-hybridized carbons (Fsp3) is 1.00. The summed E-state index contributed by atoms with van der Waals surface area (Å²) in [5.74, 6) is 0. The van der Waals surface area contributed by atoms with E-state index in [1.54, 1.807) is 0 Å². The Balaban J connectivity index is 2.16. The third kappa shape index (κ3) is 5.07. The molecule has 4 unspecified atom stereocenters. The molecule has 0 aromatic heterocycles. The quantitative estimate of drug-likeness (QED) is 0.745. The van der Waals surface area contributed by atoms with Crippen molar-refractivity contribution in [2.75, 3.05) is 13.2 Å². The van der Waals surface area contributed by atoms with Crippen LogP contribution in [0.1, 0.15) is 47.0 Å². The van der Waals surface area contributed by atoms with Crippen molar-refractivity contribution >= 4 is 11.8 Å². The molecular formula is C13H27NOS. The highest BCUT2D eigenvalue weighted by Gasteiger charge is 2.26. The van der Waals surface area contributed by atoms with Crippen LogP contribution in [-0.4, -0.2) is 35.8 Å². The first kappa shape index (κ1) is 14.3. The van der Waals surface area contributed by atoms with Crippen molar-refractivity contribution in [3.63, 3.8) is 0 Å². The number of rotatable bonds is 7. The maximum Gasteiger partial charge on any atom is 0.0666 e. The Kier molecular flexibility index (Phi) is 6.78. The highest BCUT2D eigenvalue weighted by molar-refractivity contribution is 8.00. The maximum absolute atomic E-state index is 5.60. The van der Waals surface area contributed by atoms with Crippen LogP contribution in [0.5, 0.6) is 0 Å². The normalized spacial score (nSPS) is 29.2. The van der Waals surface area contributed by atoms with Crippen LogP contribution in [0.15, 0.2) is 0 Å². The van der Waals surface area contributed by atoms with Gasteiger partial charge in [0.15, 0.2) is 0 Å². The fourth-order valence-electron chi connectivity index (χ4n) is 2.22. The average Bonchev–Trinajstić information content (AvgIpc) is 2.61. The Labute approximate surface area is 105 Å². The van der Waals surface area contributed by atoms with E-state index >= 15 is 0 Å². The molecule has 2 nitrogen and oxygen atoms in total. The topological polar surface area (TPSA) is 21.3 Å². The van der Waals surface area contributed by atoms with E-state index in [0.717, 1.165) is 18.4 Å². The van der Waals surface area contributed by atoms with E-state index in [1.165, 1.54) is 19.3 Å². The molecule has 0 aromatic carbocycles. The predicted molar refractivity (Wildman–Crippen MR) is 73.2 cm³/mol. The predicted octanol–water partition coefficient (Wildman–Crippen LogP) is 3.06. The van der Waals surface area contributed by atoms with Crippen molar-refractivity contribution in [3.05, 3.63) is 0 Å². The molecule has 0 aromatic rings. The van der Waals surface area contributed by atoms with Gasteiger partial charge in [-0.15, -0.1) is 0 Å². The fourth-order valence-corrected chi connectivity index (χ4v) is 3.75. The first-order valence-corrected chi connectivity index (χ1v) is 7.58. The summed E-state index contributed by atoms with van der Waals surface area (Å²) in [4.78, 5) is 0. The summed E-state index contributed by atoms with van der Waals surface area (Å²) in [6.07, 6.45) is 4.16. The molecule has 1 N–H and O–H groups in total. The van der Waals surface area contributed by atoms with Gasteiger partial charge in [0.05, 0.1) is 6.10 Å². The number of ether oxygens (including phenoxy) is 1. The van der Waals surface area contributed by atoms with Crippen LogP contribution in [-0.2, 0) is 4.74 Å². The van der Waals surface area contributed by atoms with E-state index in [1.807, 2.05) is 0 Å². The number of hydrogen-bond donors (Lipinski definition) is 1. The molecule has 1 aliphatic rings. The number of hydrogen-bond acceptors (Lipinski definition) is 3. The summed E-state index contributed by atoms with van der Waals surface area (Å²) in [6, 6.07) is 0.639. The van der Waals surface area contributed by atoms with Crippen molar-refractivity contribution in [1.29, 1.82) is 0 Å². The molecule has 0 aliphatic carbocycles. The zero-order valence-corrected chi connectivity index (χ0v) is 12.0. The van der Waals surface area contributed by atoms with Crippen molar-refractivity contribution in [2.45, 2.75) is 69.6 Å². The minimum atomic E-state index is 0.450. The molecule has 4 atom stereocenters. The van der Waals surface area contributed by atoms with E-state index in [-0.39, 0.29) is 0 Å². The molecule has 1 aliphatic heterocycles. The minimum Gasteiger partial charge on any atom is -0.377 e. The summed E-state index contributed by atoms with van der Waals surface area (Å²) < 4.78 is 5.60. The smallest absolute Gasteiger partial charge is 0.0666 e. The maximum atomic E-state index is 5.60. The third-order valence-corrected chi connectivity index (χ3v) is 4.77. The van der Waals surface area contributed by atoms with Gasteiger partial charge in [-0.25, -0.2) is 0 Å². The highest BCUT2D eigenvalue weighted by Crippen LogP contribution is 2.31. The van der Waals surface area contributed by atoms with Crippen LogP contribution in [0.4, 0.5) is 0 Å². The Morgan fingerprint density at radius 2 is 2.19 bits per heavy atom. The Hall–Kier alpha value is 0.270. The molecule has 16 heavy (non-hydrogen) atoms. The lowest BCUT2D eigenvalue weighted by Gasteiger charge is -2.22. The lowest BCUT2D eigenvalue weighted by atomic mass is 10.2. The van der Waals surface area contributed by atoms with Gasteiger partial charge in [0, 0.05) is 23.1 Å². The van der Waals surface area contributed by atoms with E-state index in [9.17, 15) is 0 Å². The first-order valence-electron chi connectivity index (χ1n) is 6.64. The molecule has 0 spiro atoms. The number of thioether (sulfide) groups is 1. The van der Waals surface area contributed by atoms with E-state index in [2.05, 4.69) is 44.8 Å². The summed E-state index contributed by atoms with van der Waals surface area (Å²) in [5, 5.41) is 5.00. The molecular weight excluding hydrogens is 218 g/mol. The van der Waals surface area contributed by atoms with Gasteiger partial charge in [-0.3, -0.25) is 0 Å². The second-order valence-electron chi connectivity index (χ2n) is 4.94.